The number of alkyl halides is 1. The van der Waals surface area contributed by atoms with Gasteiger partial charge in [0.1, 0.15) is 6.10 Å². The Balaban J connectivity index is 2.25. The maximum atomic E-state index is 11.1. The van der Waals surface area contributed by atoms with Crippen molar-refractivity contribution in [3.05, 3.63) is 46.0 Å². The first-order valence-electron chi connectivity index (χ1n) is 5.10. The standard InChI is InChI=1S/C11H12BrNO3/c12-6-9-7-16-11(10(9)13(14)15)8-4-2-1-3-5-8/h1-5,9-11H,6-7H2/t9-,10-,11+/m0/s1. The molecule has 1 aliphatic heterocycles. The molecule has 1 aromatic carbocycles. The van der Waals surface area contributed by atoms with Crippen LogP contribution in [0.2, 0.25) is 0 Å². The maximum Gasteiger partial charge on any atom is 0.248 e. The van der Waals surface area contributed by atoms with Crippen molar-refractivity contribution in [2.75, 3.05) is 11.9 Å². The highest BCUT2D eigenvalue weighted by atomic mass is 79.9. The molecule has 2 rings (SSSR count). The van der Waals surface area contributed by atoms with Crippen LogP contribution in [0.25, 0.3) is 0 Å². The SMILES string of the molecule is O=[N+]([O-])[C@H]1[C@@H](CBr)CO[C@@H]1c1ccccc1. The lowest BCUT2D eigenvalue weighted by Gasteiger charge is -2.14. The number of nitro groups is 1. The van der Waals surface area contributed by atoms with E-state index in [1.165, 1.54) is 0 Å². The van der Waals surface area contributed by atoms with Crippen molar-refractivity contribution in [3.63, 3.8) is 0 Å². The van der Waals surface area contributed by atoms with Gasteiger partial charge in [-0.2, -0.15) is 0 Å². The number of hydrogen-bond donors (Lipinski definition) is 0. The van der Waals surface area contributed by atoms with Crippen molar-refractivity contribution < 1.29 is 9.66 Å². The van der Waals surface area contributed by atoms with Gasteiger partial charge in [-0.3, -0.25) is 10.1 Å². The molecular formula is C11H12BrNO3. The third-order valence-electron chi connectivity index (χ3n) is 2.85. The molecule has 0 spiro atoms. The Morgan fingerprint density at radius 1 is 1.44 bits per heavy atom. The Bertz CT molecular complexity index is 371. The molecule has 0 aliphatic carbocycles. The normalized spacial score (nSPS) is 29.2. The Morgan fingerprint density at radius 2 is 2.12 bits per heavy atom. The lowest BCUT2D eigenvalue weighted by Crippen LogP contribution is -2.30. The molecule has 0 N–H and O–H groups in total. The van der Waals surface area contributed by atoms with Crippen LogP contribution in [-0.4, -0.2) is 22.9 Å². The van der Waals surface area contributed by atoms with E-state index in [1.54, 1.807) is 0 Å². The van der Waals surface area contributed by atoms with Gasteiger partial charge in [0.25, 0.3) is 0 Å². The van der Waals surface area contributed by atoms with Gasteiger partial charge < -0.3 is 4.74 Å². The van der Waals surface area contributed by atoms with Crippen LogP contribution in [0, 0.1) is 16.0 Å². The van der Waals surface area contributed by atoms with Crippen LogP contribution in [0.3, 0.4) is 0 Å². The van der Waals surface area contributed by atoms with E-state index >= 15 is 0 Å². The number of nitrogens with zero attached hydrogens (tertiary/aromatic N) is 1. The summed E-state index contributed by atoms with van der Waals surface area (Å²) in [6, 6.07) is 8.73. The summed E-state index contributed by atoms with van der Waals surface area (Å²) in [4.78, 5) is 10.8. The third kappa shape index (κ3) is 2.10. The summed E-state index contributed by atoms with van der Waals surface area (Å²) in [5.74, 6) is -0.0554. The molecule has 0 saturated carbocycles. The van der Waals surface area contributed by atoms with Crippen molar-refractivity contribution in [3.8, 4) is 0 Å². The van der Waals surface area contributed by atoms with Crippen molar-refractivity contribution in [1.29, 1.82) is 0 Å². The highest BCUT2D eigenvalue weighted by Gasteiger charge is 2.46. The van der Waals surface area contributed by atoms with Crippen molar-refractivity contribution in [2.24, 2.45) is 5.92 Å². The molecule has 0 radical (unpaired) electrons. The van der Waals surface area contributed by atoms with Gasteiger partial charge in [-0.05, 0) is 5.56 Å². The third-order valence-corrected chi connectivity index (χ3v) is 3.68. The van der Waals surface area contributed by atoms with Crippen LogP contribution in [0.5, 0.6) is 0 Å². The molecule has 0 amide bonds. The summed E-state index contributed by atoms with van der Waals surface area (Å²) in [5, 5.41) is 11.7. The fourth-order valence-electron chi connectivity index (χ4n) is 2.03. The van der Waals surface area contributed by atoms with E-state index in [1.807, 2.05) is 30.3 Å². The van der Waals surface area contributed by atoms with Crippen LogP contribution in [0.1, 0.15) is 11.7 Å². The Morgan fingerprint density at radius 3 is 2.69 bits per heavy atom. The number of halogens is 1. The van der Waals surface area contributed by atoms with Gasteiger partial charge in [0.15, 0.2) is 0 Å². The quantitative estimate of drug-likeness (QED) is 0.487. The molecule has 1 saturated heterocycles. The average molecular weight is 286 g/mol. The summed E-state index contributed by atoms with van der Waals surface area (Å²) in [6.07, 6.45) is -0.418. The predicted octanol–water partition coefficient (Wildman–Crippen LogP) is 2.41. The molecule has 0 bridgehead atoms. The van der Waals surface area contributed by atoms with Crippen molar-refractivity contribution in [1.82, 2.24) is 0 Å². The molecule has 1 aliphatic rings. The second kappa shape index (κ2) is 4.93. The summed E-state index contributed by atoms with van der Waals surface area (Å²) >= 11 is 3.30. The molecule has 16 heavy (non-hydrogen) atoms. The average Bonchev–Trinajstić information content (AvgIpc) is 2.73. The molecule has 4 nitrogen and oxygen atoms in total. The second-order valence-electron chi connectivity index (χ2n) is 3.85. The van der Waals surface area contributed by atoms with Crippen LogP contribution in [0.15, 0.2) is 30.3 Å². The largest absolute Gasteiger partial charge is 0.366 e. The van der Waals surface area contributed by atoms with E-state index in [0.29, 0.717) is 11.9 Å². The van der Waals surface area contributed by atoms with E-state index in [-0.39, 0.29) is 10.8 Å². The molecule has 1 heterocycles. The minimum Gasteiger partial charge on any atom is -0.366 e. The molecule has 1 fully saturated rings. The zero-order valence-corrected chi connectivity index (χ0v) is 10.2. The lowest BCUT2D eigenvalue weighted by atomic mass is 9.96. The highest BCUT2D eigenvalue weighted by Crippen LogP contribution is 2.35. The first-order valence-corrected chi connectivity index (χ1v) is 6.22. The molecule has 5 heteroatoms. The Labute approximate surface area is 102 Å². The Kier molecular flexibility index (Phi) is 3.56. The van der Waals surface area contributed by atoms with E-state index in [9.17, 15) is 10.1 Å². The summed E-state index contributed by atoms with van der Waals surface area (Å²) in [5.41, 5.74) is 0.882. The van der Waals surface area contributed by atoms with Crippen LogP contribution in [0.4, 0.5) is 0 Å². The number of ether oxygens (including phenoxy) is 1. The molecule has 3 atom stereocenters. The van der Waals surface area contributed by atoms with E-state index in [4.69, 9.17) is 4.74 Å². The molecule has 0 unspecified atom stereocenters. The van der Waals surface area contributed by atoms with Gasteiger partial charge in [-0.25, -0.2) is 0 Å². The summed E-state index contributed by atoms with van der Waals surface area (Å²) < 4.78 is 5.54. The van der Waals surface area contributed by atoms with Crippen LogP contribution >= 0.6 is 15.9 Å². The minimum atomic E-state index is -0.651. The topological polar surface area (TPSA) is 52.4 Å². The highest BCUT2D eigenvalue weighted by molar-refractivity contribution is 9.09. The van der Waals surface area contributed by atoms with Crippen molar-refractivity contribution in [2.45, 2.75) is 12.1 Å². The fraction of sp³-hybridized carbons (Fsp3) is 0.455. The summed E-state index contributed by atoms with van der Waals surface area (Å²) in [6.45, 7) is 0.441. The second-order valence-corrected chi connectivity index (χ2v) is 4.50. The van der Waals surface area contributed by atoms with E-state index in [0.717, 1.165) is 5.56 Å². The monoisotopic (exact) mass is 285 g/mol. The van der Waals surface area contributed by atoms with Gasteiger partial charge in [0.2, 0.25) is 6.04 Å². The lowest BCUT2D eigenvalue weighted by molar-refractivity contribution is -0.534. The smallest absolute Gasteiger partial charge is 0.248 e. The van der Waals surface area contributed by atoms with Gasteiger partial charge in [-0.1, -0.05) is 46.3 Å². The van der Waals surface area contributed by atoms with Gasteiger partial charge in [0, 0.05) is 10.3 Å². The van der Waals surface area contributed by atoms with Gasteiger partial charge in [0.05, 0.1) is 12.5 Å². The first-order chi connectivity index (χ1) is 7.74. The zero-order valence-electron chi connectivity index (χ0n) is 8.58. The van der Waals surface area contributed by atoms with E-state index < -0.39 is 12.1 Å². The predicted molar refractivity (Wildman–Crippen MR) is 63.2 cm³/mol. The number of hydrogen-bond acceptors (Lipinski definition) is 3. The number of benzene rings is 1. The first kappa shape index (κ1) is 11.5. The van der Waals surface area contributed by atoms with Gasteiger partial charge in [-0.15, -0.1) is 0 Å². The molecule has 0 aromatic heterocycles. The van der Waals surface area contributed by atoms with Crippen molar-refractivity contribution >= 4 is 15.9 Å². The van der Waals surface area contributed by atoms with E-state index in [2.05, 4.69) is 15.9 Å². The summed E-state index contributed by atoms with van der Waals surface area (Å²) in [7, 11) is 0. The maximum absolute atomic E-state index is 11.1. The minimum absolute atomic E-state index is 0.0554. The molecule has 86 valence electrons. The molecular weight excluding hydrogens is 274 g/mol. The molecule has 1 aromatic rings. The Hall–Kier alpha value is -0.940. The zero-order chi connectivity index (χ0) is 11.5. The van der Waals surface area contributed by atoms with Crippen LogP contribution < -0.4 is 0 Å². The fourth-order valence-corrected chi connectivity index (χ4v) is 2.60. The number of rotatable bonds is 3. The van der Waals surface area contributed by atoms with Gasteiger partial charge >= 0.3 is 0 Å². The van der Waals surface area contributed by atoms with Crippen LogP contribution in [-0.2, 0) is 4.74 Å².